The van der Waals surface area contributed by atoms with Crippen molar-refractivity contribution in [2.45, 2.75) is 35.9 Å². The van der Waals surface area contributed by atoms with Crippen LogP contribution in [0.15, 0.2) is 23.4 Å². The Kier molecular flexibility index (Phi) is 5.19. The molecule has 1 heterocycles. The summed E-state index contributed by atoms with van der Waals surface area (Å²) in [6.45, 7) is 1.44. The smallest absolute Gasteiger partial charge is 0.417 e. The normalized spacial score (nSPS) is 15.0. The maximum Gasteiger partial charge on any atom is 0.417 e. The number of halogens is 3. The fourth-order valence-electron chi connectivity index (χ4n) is 1.27. The van der Waals surface area contributed by atoms with Crippen molar-refractivity contribution in [2.75, 3.05) is 0 Å². The highest BCUT2D eigenvalue weighted by atomic mass is 32.2. The van der Waals surface area contributed by atoms with Crippen LogP contribution < -0.4 is 0 Å². The Morgan fingerprint density at radius 1 is 1.47 bits per heavy atom. The number of alkyl halides is 3. The summed E-state index contributed by atoms with van der Waals surface area (Å²) >= 11 is 0.806. The Balaban J connectivity index is 2.78. The average Bonchev–Trinajstić information content (AvgIpc) is 2.27. The highest BCUT2D eigenvalue weighted by Crippen LogP contribution is 2.31. The van der Waals surface area contributed by atoms with Crippen molar-refractivity contribution < 1.29 is 28.2 Å². The molecular formula is C11H12F3NO3S. The highest BCUT2D eigenvalue weighted by molar-refractivity contribution is 8.00. The molecule has 1 aromatic rings. The molecule has 4 nitrogen and oxygen atoms in total. The van der Waals surface area contributed by atoms with Gasteiger partial charge in [-0.2, -0.15) is 13.2 Å². The number of hydrogen-bond donors (Lipinski definition) is 2. The van der Waals surface area contributed by atoms with Gasteiger partial charge in [-0.1, -0.05) is 11.8 Å². The zero-order valence-corrected chi connectivity index (χ0v) is 10.7. The van der Waals surface area contributed by atoms with Crippen LogP contribution in [0.3, 0.4) is 0 Å². The van der Waals surface area contributed by atoms with Gasteiger partial charge in [0.25, 0.3) is 0 Å². The summed E-state index contributed by atoms with van der Waals surface area (Å²) in [5.74, 6) is -1.15. The molecule has 2 unspecified atom stereocenters. The number of aromatic nitrogens is 1. The summed E-state index contributed by atoms with van der Waals surface area (Å²) < 4.78 is 36.9. The van der Waals surface area contributed by atoms with Crippen LogP contribution in [-0.2, 0) is 11.0 Å². The van der Waals surface area contributed by atoms with Crippen molar-refractivity contribution in [2.24, 2.45) is 0 Å². The number of rotatable bonds is 5. The van der Waals surface area contributed by atoms with Crippen molar-refractivity contribution in [3.05, 3.63) is 23.9 Å². The first-order valence-corrected chi connectivity index (χ1v) is 6.19. The number of nitrogens with zero attached hydrogens (tertiary/aromatic N) is 1. The third kappa shape index (κ3) is 5.07. The lowest BCUT2D eigenvalue weighted by atomic mass is 10.2. The van der Waals surface area contributed by atoms with Crippen LogP contribution >= 0.6 is 11.8 Å². The Morgan fingerprint density at radius 3 is 2.47 bits per heavy atom. The number of pyridine rings is 1. The van der Waals surface area contributed by atoms with Gasteiger partial charge in [-0.05, 0) is 25.5 Å². The number of carboxylic acid groups (broad SMARTS) is 1. The van der Waals surface area contributed by atoms with Crippen LogP contribution in [0.25, 0.3) is 0 Å². The van der Waals surface area contributed by atoms with E-state index in [-0.39, 0.29) is 11.4 Å². The third-order valence-corrected chi connectivity index (χ3v) is 3.32. The third-order valence-electron chi connectivity index (χ3n) is 2.16. The molecule has 0 amide bonds. The van der Waals surface area contributed by atoms with E-state index in [0.29, 0.717) is 6.20 Å². The number of aliphatic hydroxyl groups excluding tert-OH is 1. The molecule has 0 aliphatic rings. The van der Waals surface area contributed by atoms with E-state index >= 15 is 0 Å². The van der Waals surface area contributed by atoms with Gasteiger partial charge in [0.05, 0.1) is 16.7 Å². The largest absolute Gasteiger partial charge is 0.480 e. The van der Waals surface area contributed by atoms with Crippen molar-refractivity contribution >= 4 is 17.7 Å². The molecule has 19 heavy (non-hydrogen) atoms. The van der Waals surface area contributed by atoms with Crippen LogP contribution in [0.5, 0.6) is 0 Å². The first-order valence-electron chi connectivity index (χ1n) is 5.31. The first kappa shape index (κ1) is 15.8. The number of carboxylic acids is 1. The van der Waals surface area contributed by atoms with Crippen molar-refractivity contribution in [3.63, 3.8) is 0 Å². The second-order valence-electron chi connectivity index (χ2n) is 3.91. The minimum atomic E-state index is -4.47. The number of thioether (sulfide) groups is 1. The van der Waals surface area contributed by atoms with E-state index in [1.165, 1.54) is 6.92 Å². The van der Waals surface area contributed by atoms with E-state index < -0.39 is 29.1 Å². The molecule has 0 aliphatic heterocycles. The van der Waals surface area contributed by atoms with Gasteiger partial charge in [-0.25, -0.2) is 4.98 Å². The van der Waals surface area contributed by atoms with Crippen LogP contribution in [-0.4, -0.2) is 32.5 Å². The predicted molar refractivity (Wildman–Crippen MR) is 62.8 cm³/mol. The monoisotopic (exact) mass is 295 g/mol. The fraction of sp³-hybridized carbons (Fsp3) is 0.455. The summed E-state index contributed by atoms with van der Waals surface area (Å²) in [5.41, 5.74) is -0.890. The lowest BCUT2D eigenvalue weighted by molar-refractivity contribution is -0.138. The summed E-state index contributed by atoms with van der Waals surface area (Å²) in [5, 5.41) is 17.3. The van der Waals surface area contributed by atoms with E-state index in [9.17, 15) is 18.0 Å². The Labute approximate surface area is 111 Å². The Bertz CT molecular complexity index is 434. The SMILES string of the molecule is CC(O)CC(Sc1ccc(C(F)(F)F)cn1)C(=O)O. The van der Waals surface area contributed by atoms with Crippen LogP contribution in [0.2, 0.25) is 0 Å². The highest BCUT2D eigenvalue weighted by Gasteiger charge is 2.31. The minimum Gasteiger partial charge on any atom is -0.480 e. The first-order chi connectivity index (χ1) is 8.70. The van der Waals surface area contributed by atoms with E-state index in [4.69, 9.17) is 10.2 Å². The minimum absolute atomic E-state index is 0.0112. The van der Waals surface area contributed by atoms with Gasteiger partial charge < -0.3 is 10.2 Å². The van der Waals surface area contributed by atoms with Crippen molar-refractivity contribution in [1.29, 1.82) is 0 Å². The molecule has 0 radical (unpaired) electrons. The second-order valence-corrected chi connectivity index (χ2v) is 5.14. The fourth-order valence-corrected chi connectivity index (χ4v) is 2.30. The van der Waals surface area contributed by atoms with E-state index in [2.05, 4.69) is 4.98 Å². The van der Waals surface area contributed by atoms with E-state index in [1.807, 2.05) is 0 Å². The van der Waals surface area contributed by atoms with Gasteiger partial charge in [0, 0.05) is 6.20 Å². The molecule has 2 atom stereocenters. The average molecular weight is 295 g/mol. The molecule has 0 saturated heterocycles. The summed E-state index contributed by atoms with van der Waals surface area (Å²) in [4.78, 5) is 14.5. The zero-order valence-electron chi connectivity index (χ0n) is 9.89. The molecule has 0 saturated carbocycles. The maximum absolute atomic E-state index is 12.3. The van der Waals surface area contributed by atoms with E-state index in [0.717, 1.165) is 23.9 Å². The lowest BCUT2D eigenvalue weighted by Crippen LogP contribution is -2.21. The molecule has 0 aliphatic carbocycles. The molecule has 1 aromatic heterocycles. The molecule has 1 rings (SSSR count). The summed E-state index contributed by atoms with van der Waals surface area (Å²) in [6, 6.07) is 1.96. The van der Waals surface area contributed by atoms with Gasteiger partial charge in [-0.3, -0.25) is 4.79 Å². The number of aliphatic hydroxyl groups is 1. The standard InChI is InChI=1S/C11H12F3NO3S/c1-6(16)4-8(10(17)18)19-9-3-2-7(5-15-9)11(12,13)14/h2-3,5-6,8,16H,4H2,1H3,(H,17,18). The zero-order chi connectivity index (χ0) is 14.6. The molecule has 0 spiro atoms. The topological polar surface area (TPSA) is 70.4 Å². The van der Waals surface area contributed by atoms with Crippen LogP contribution in [0.1, 0.15) is 18.9 Å². The number of hydrogen-bond acceptors (Lipinski definition) is 4. The van der Waals surface area contributed by atoms with Gasteiger partial charge in [0.1, 0.15) is 5.25 Å². The quantitative estimate of drug-likeness (QED) is 0.816. The van der Waals surface area contributed by atoms with E-state index in [1.54, 1.807) is 0 Å². The Hall–Kier alpha value is -1.28. The molecule has 8 heteroatoms. The van der Waals surface area contributed by atoms with Gasteiger partial charge in [0.2, 0.25) is 0 Å². The van der Waals surface area contributed by atoms with Crippen molar-refractivity contribution in [3.8, 4) is 0 Å². The molecular weight excluding hydrogens is 283 g/mol. The summed E-state index contributed by atoms with van der Waals surface area (Å²) in [7, 11) is 0. The van der Waals surface area contributed by atoms with Gasteiger partial charge >= 0.3 is 12.1 Å². The maximum atomic E-state index is 12.3. The molecule has 0 bridgehead atoms. The molecule has 0 aromatic carbocycles. The lowest BCUT2D eigenvalue weighted by Gasteiger charge is -2.13. The molecule has 106 valence electrons. The second kappa shape index (κ2) is 6.25. The summed E-state index contributed by atoms with van der Waals surface area (Å²) in [6.07, 6.45) is -4.64. The predicted octanol–water partition coefficient (Wildman–Crippen LogP) is 2.42. The van der Waals surface area contributed by atoms with Crippen LogP contribution in [0, 0.1) is 0 Å². The number of carbonyl (C=O) groups is 1. The molecule has 2 N–H and O–H groups in total. The molecule has 0 fully saturated rings. The van der Waals surface area contributed by atoms with Crippen LogP contribution in [0.4, 0.5) is 13.2 Å². The van der Waals surface area contributed by atoms with Gasteiger partial charge in [-0.15, -0.1) is 0 Å². The van der Waals surface area contributed by atoms with Crippen molar-refractivity contribution in [1.82, 2.24) is 4.98 Å². The van der Waals surface area contributed by atoms with Gasteiger partial charge in [0.15, 0.2) is 0 Å². The Morgan fingerprint density at radius 2 is 2.11 bits per heavy atom. The number of aliphatic carboxylic acids is 1.